The van der Waals surface area contributed by atoms with Crippen LogP contribution >= 0.6 is 0 Å². The molecule has 106 valence electrons. The number of hydrogen-bond donors (Lipinski definition) is 1. The molecule has 0 amide bonds. The van der Waals surface area contributed by atoms with Gasteiger partial charge in [0.05, 0.1) is 22.9 Å². The summed E-state index contributed by atoms with van der Waals surface area (Å²) >= 11 is 0. The summed E-state index contributed by atoms with van der Waals surface area (Å²) in [5.41, 5.74) is 1.74. The normalized spacial score (nSPS) is 11.2. The van der Waals surface area contributed by atoms with Crippen LogP contribution in [0.25, 0.3) is 0 Å². The van der Waals surface area contributed by atoms with Crippen molar-refractivity contribution in [3.63, 3.8) is 0 Å². The standard InChI is InChI=1S/C14H17N3O2S/c1-2-9-20(18,19)14-5-3-12(4-6-14)16-10-13-7-8-15-11-17-13/h3-8,11,16H,2,9-10H2,1H3. The highest BCUT2D eigenvalue weighted by Gasteiger charge is 2.12. The second-order valence-electron chi connectivity index (χ2n) is 4.40. The van der Waals surface area contributed by atoms with Crippen LogP contribution in [0, 0.1) is 0 Å². The van der Waals surface area contributed by atoms with Gasteiger partial charge in [-0.3, -0.25) is 0 Å². The molecule has 0 atom stereocenters. The smallest absolute Gasteiger partial charge is 0.178 e. The summed E-state index contributed by atoms with van der Waals surface area (Å²) in [6.45, 7) is 2.43. The molecular formula is C14H17N3O2S. The van der Waals surface area contributed by atoms with Gasteiger partial charge in [-0.2, -0.15) is 0 Å². The van der Waals surface area contributed by atoms with Gasteiger partial charge in [-0.25, -0.2) is 18.4 Å². The first-order valence-electron chi connectivity index (χ1n) is 6.43. The van der Waals surface area contributed by atoms with E-state index >= 15 is 0 Å². The lowest BCUT2D eigenvalue weighted by Crippen LogP contribution is -2.06. The van der Waals surface area contributed by atoms with Crippen LogP contribution in [0.15, 0.2) is 47.8 Å². The molecular weight excluding hydrogens is 274 g/mol. The van der Waals surface area contributed by atoms with Crippen molar-refractivity contribution in [1.82, 2.24) is 9.97 Å². The molecule has 0 radical (unpaired) electrons. The Labute approximate surface area is 119 Å². The summed E-state index contributed by atoms with van der Waals surface area (Å²) in [5, 5.41) is 3.19. The van der Waals surface area contributed by atoms with E-state index in [1.807, 2.05) is 13.0 Å². The van der Waals surface area contributed by atoms with Gasteiger partial charge in [-0.05, 0) is 36.8 Å². The van der Waals surface area contributed by atoms with Crippen molar-refractivity contribution in [3.05, 3.63) is 48.5 Å². The second kappa shape index (κ2) is 6.47. The maximum atomic E-state index is 11.9. The predicted octanol–water partition coefficient (Wildman–Crippen LogP) is 2.27. The Balaban J connectivity index is 2.02. The first-order chi connectivity index (χ1) is 9.62. The Morgan fingerprint density at radius 3 is 2.50 bits per heavy atom. The maximum absolute atomic E-state index is 11.9. The first-order valence-corrected chi connectivity index (χ1v) is 8.08. The molecule has 20 heavy (non-hydrogen) atoms. The van der Waals surface area contributed by atoms with E-state index in [0.29, 0.717) is 17.9 Å². The Bertz CT molecular complexity index is 640. The van der Waals surface area contributed by atoms with Crippen LogP contribution in [-0.2, 0) is 16.4 Å². The number of nitrogens with one attached hydrogen (secondary N) is 1. The molecule has 0 fully saturated rings. The molecule has 0 aliphatic heterocycles. The number of aromatic nitrogens is 2. The lowest BCUT2D eigenvalue weighted by Gasteiger charge is -2.07. The quantitative estimate of drug-likeness (QED) is 0.884. The third kappa shape index (κ3) is 3.77. The predicted molar refractivity (Wildman–Crippen MR) is 78.1 cm³/mol. The molecule has 1 N–H and O–H groups in total. The van der Waals surface area contributed by atoms with Gasteiger partial charge < -0.3 is 5.32 Å². The van der Waals surface area contributed by atoms with Crippen molar-refractivity contribution in [3.8, 4) is 0 Å². The van der Waals surface area contributed by atoms with Crippen LogP contribution in [0.5, 0.6) is 0 Å². The van der Waals surface area contributed by atoms with Gasteiger partial charge in [0.15, 0.2) is 9.84 Å². The Kier molecular flexibility index (Phi) is 4.68. The third-order valence-electron chi connectivity index (χ3n) is 2.80. The van der Waals surface area contributed by atoms with Gasteiger partial charge in [0.2, 0.25) is 0 Å². The lowest BCUT2D eigenvalue weighted by molar-refractivity contribution is 0.595. The Morgan fingerprint density at radius 1 is 1.15 bits per heavy atom. The van der Waals surface area contributed by atoms with Gasteiger partial charge in [0.1, 0.15) is 6.33 Å². The zero-order valence-electron chi connectivity index (χ0n) is 11.3. The van der Waals surface area contributed by atoms with E-state index in [4.69, 9.17) is 0 Å². The van der Waals surface area contributed by atoms with Gasteiger partial charge in [0, 0.05) is 11.9 Å². The summed E-state index contributed by atoms with van der Waals surface area (Å²) in [5.74, 6) is 0.181. The van der Waals surface area contributed by atoms with Crippen molar-refractivity contribution in [2.75, 3.05) is 11.1 Å². The van der Waals surface area contributed by atoms with E-state index in [1.54, 1.807) is 30.5 Å². The van der Waals surface area contributed by atoms with Crippen molar-refractivity contribution in [2.24, 2.45) is 0 Å². The Hall–Kier alpha value is -1.95. The fraction of sp³-hybridized carbons (Fsp3) is 0.286. The molecule has 6 heteroatoms. The van der Waals surface area contributed by atoms with Crippen LogP contribution in [0.4, 0.5) is 5.69 Å². The topological polar surface area (TPSA) is 72.0 Å². The number of nitrogens with zero attached hydrogens (tertiary/aromatic N) is 2. The van der Waals surface area contributed by atoms with Crippen LogP contribution < -0.4 is 5.32 Å². The molecule has 2 rings (SSSR count). The van der Waals surface area contributed by atoms with Gasteiger partial charge in [0.25, 0.3) is 0 Å². The van der Waals surface area contributed by atoms with Crippen LogP contribution in [-0.4, -0.2) is 24.1 Å². The van der Waals surface area contributed by atoms with E-state index < -0.39 is 9.84 Å². The molecule has 2 aromatic rings. The minimum atomic E-state index is -3.14. The fourth-order valence-electron chi connectivity index (χ4n) is 1.78. The third-order valence-corrected chi connectivity index (χ3v) is 4.74. The van der Waals surface area contributed by atoms with Crippen LogP contribution in [0.1, 0.15) is 19.0 Å². The number of rotatable bonds is 6. The average Bonchev–Trinajstić information content (AvgIpc) is 2.47. The number of sulfone groups is 1. The number of hydrogen-bond acceptors (Lipinski definition) is 5. The van der Waals surface area contributed by atoms with Gasteiger partial charge in [-0.15, -0.1) is 0 Å². The van der Waals surface area contributed by atoms with E-state index in [1.165, 1.54) is 6.33 Å². The SMILES string of the molecule is CCCS(=O)(=O)c1ccc(NCc2ccncn2)cc1. The molecule has 0 unspecified atom stereocenters. The van der Waals surface area contributed by atoms with Crippen LogP contribution in [0.3, 0.4) is 0 Å². The zero-order chi connectivity index (χ0) is 14.4. The molecule has 0 aliphatic rings. The summed E-state index contributed by atoms with van der Waals surface area (Å²) in [6.07, 6.45) is 3.80. The van der Waals surface area contributed by atoms with Crippen molar-refractivity contribution < 1.29 is 8.42 Å². The lowest BCUT2D eigenvalue weighted by atomic mass is 10.3. The van der Waals surface area contributed by atoms with Crippen molar-refractivity contribution in [1.29, 1.82) is 0 Å². The number of benzene rings is 1. The summed E-state index contributed by atoms with van der Waals surface area (Å²) in [4.78, 5) is 8.32. The monoisotopic (exact) mass is 291 g/mol. The van der Waals surface area contributed by atoms with Gasteiger partial charge in [-0.1, -0.05) is 6.92 Å². The molecule has 0 bridgehead atoms. The highest BCUT2D eigenvalue weighted by molar-refractivity contribution is 7.91. The maximum Gasteiger partial charge on any atom is 0.178 e. The highest BCUT2D eigenvalue weighted by Crippen LogP contribution is 2.16. The minimum Gasteiger partial charge on any atom is -0.379 e. The molecule has 0 saturated carbocycles. The summed E-state index contributed by atoms with van der Waals surface area (Å²) in [7, 11) is -3.14. The van der Waals surface area contributed by atoms with E-state index in [2.05, 4.69) is 15.3 Å². The summed E-state index contributed by atoms with van der Waals surface area (Å²) in [6, 6.07) is 8.63. The molecule has 1 aromatic carbocycles. The molecule has 1 aromatic heterocycles. The van der Waals surface area contributed by atoms with E-state index in [0.717, 1.165) is 11.4 Å². The molecule has 1 heterocycles. The number of anilines is 1. The zero-order valence-corrected chi connectivity index (χ0v) is 12.1. The summed E-state index contributed by atoms with van der Waals surface area (Å²) < 4.78 is 23.8. The van der Waals surface area contributed by atoms with Crippen LogP contribution in [0.2, 0.25) is 0 Å². The molecule has 0 aliphatic carbocycles. The largest absolute Gasteiger partial charge is 0.379 e. The van der Waals surface area contributed by atoms with E-state index in [9.17, 15) is 8.42 Å². The second-order valence-corrected chi connectivity index (χ2v) is 6.51. The molecule has 0 spiro atoms. The van der Waals surface area contributed by atoms with Crippen molar-refractivity contribution >= 4 is 15.5 Å². The first kappa shape index (κ1) is 14.5. The van der Waals surface area contributed by atoms with E-state index in [-0.39, 0.29) is 5.75 Å². The molecule has 0 saturated heterocycles. The van der Waals surface area contributed by atoms with Crippen molar-refractivity contribution in [2.45, 2.75) is 24.8 Å². The fourth-order valence-corrected chi connectivity index (χ4v) is 3.11. The highest BCUT2D eigenvalue weighted by atomic mass is 32.2. The molecule has 5 nitrogen and oxygen atoms in total. The average molecular weight is 291 g/mol. The minimum absolute atomic E-state index is 0.181. The Morgan fingerprint density at radius 2 is 1.90 bits per heavy atom. The van der Waals surface area contributed by atoms with Gasteiger partial charge >= 0.3 is 0 Å².